The maximum absolute atomic E-state index is 12.5. The Morgan fingerprint density at radius 2 is 1.86 bits per heavy atom. The van der Waals surface area contributed by atoms with Crippen molar-refractivity contribution in [2.45, 2.75) is 11.8 Å². The highest BCUT2D eigenvalue weighted by Gasteiger charge is 2.23. The lowest BCUT2D eigenvalue weighted by atomic mass is 10.2. The number of pyridine rings is 1. The number of rotatable bonds is 5. The van der Waals surface area contributed by atoms with Gasteiger partial charge in [0.25, 0.3) is 5.56 Å². The van der Waals surface area contributed by atoms with Crippen molar-refractivity contribution in [3.8, 4) is 11.6 Å². The molecule has 0 aliphatic carbocycles. The summed E-state index contributed by atoms with van der Waals surface area (Å²) in [6.45, 7) is 1.80. The molecule has 0 aliphatic heterocycles. The smallest absolute Gasteiger partial charge is 0.343 e. The minimum atomic E-state index is -4.27. The number of nitrogens with zero attached hydrogens (tertiary/aromatic N) is 3. The molecule has 10 heteroatoms. The number of hydrogen-bond donors (Lipinski definition) is 0. The third-order valence-electron chi connectivity index (χ3n) is 3.73. The topological polar surface area (TPSA) is 117 Å². The van der Waals surface area contributed by atoms with Crippen LogP contribution in [0.25, 0.3) is 5.82 Å². The Labute approximate surface area is 160 Å². The van der Waals surface area contributed by atoms with Crippen LogP contribution in [0, 0.1) is 6.92 Å². The van der Waals surface area contributed by atoms with Crippen molar-refractivity contribution in [2.75, 3.05) is 7.11 Å². The zero-order valence-corrected chi connectivity index (χ0v) is 15.7. The molecule has 0 bridgehead atoms. The van der Waals surface area contributed by atoms with Crippen LogP contribution in [0.2, 0.25) is 0 Å². The number of hydrogen-bond acceptors (Lipinski definition) is 8. The Hall–Kier alpha value is -3.53. The Morgan fingerprint density at radius 1 is 1.14 bits per heavy atom. The van der Waals surface area contributed by atoms with Crippen molar-refractivity contribution in [3.05, 3.63) is 76.6 Å². The second kappa shape index (κ2) is 7.61. The summed E-state index contributed by atoms with van der Waals surface area (Å²) in [6, 6.07) is 6.81. The summed E-state index contributed by atoms with van der Waals surface area (Å²) in [5.74, 6) is -1.19. The number of aryl methyl sites for hydroxylation is 1. The number of benzene rings is 1. The zero-order chi connectivity index (χ0) is 20.3. The van der Waals surface area contributed by atoms with E-state index in [0.717, 1.165) is 29.5 Å². The summed E-state index contributed by atoms with van der Waals surface area (Å²) in [5.41, 5.74) is -0.0635. The average molecular weight is 401 g/mol. The van der Waals surface area contributed by atoms with Crippen LogP contribution in [0.4, 0.5) is 0 Å². The van der Waals surface area contributed by atoms with Crippen molar-refractivity contribution in [2.24, 2.45) is 0 Å². The lowest BCUT2D eigenvalue weighted by Gasteiger charge is -2.12. The maximum atomic E-state index is 12.5. The Morgan fingerprint density at radius 3 is 2.46 bits per heavy atom. The largest absolute Gasteiger partial charge is 0.465 e. The van der Waals surface area contributed by atoms with Crippen LogP contribution in [0.3, 0.4) is 0 Å². The molecule has 0 aliphatic rings. The molecule has 0 atom stereocenters. The van der Waals surface area contributed by atoms with Gasteiger partial charge in [0.05, 0.1) is 13.3 Å². The Balaban J connectivity index is 2.10. The first-order valence-corrected chi connectivity index (χ1v) is 9.35. The van der Waals surface area contributed by atoms with Crippen molar-refractivity contribution in [1.82, 2.24) is 14.5 Å². The van der Waals surface area contributed by atoms with Crippen molar-refractivity contribution in [3.63, 3.8) is 0 Å². The number of esters is 1. The number of ether oxygens (including phenoxy) is 1. The highest BCUT2D eigenvalue weighted by Crippen LogP contribution is 2.23. The molecule has 2 heterocycles. The van der Waals surface area contributed by atoms with Crippen LogP contribution < -0.4 is 9.74 Å². The summed E-state index contributed by atoms with van der Waals surface area (Å²) in [6.07, 6.45) is 5.19. The minimum Gasteiger partial charge on any atom is -0.465 e. The lowest BCUT2D eigenvalue weighted by molar-refractivity contribution is 0.0598. The van der Waals surface area contributed by atoms with Crippen molar-refractivity contribution < 1.29 is 22.1 Å². The number of carbonyl (C=O) groups is 1. The van der Waals surface area contributed by atoms with Crippen LogP contribution >= 0.6 is 0 Å². The van der Waals surface area contributed by atoms with E-state index >= 15 is 0 Å². The zero-order valence-electron chi connectivity index (χ0n) is 14.9. The average Bonchev–Trinajstić information content (AvgIpc) is 2.68. The number of aromatic nitrogens is 3. The minimum absolute atomic E-state index is 0.118. The SMILES string of the molecule is COC(=O)c1cn(-c2cnccn2)c(=O)cc1OS(=O)(=O)c1ccc(C)cc1. The molecule has 0 N–H and O–H groups in total. The van der Waals surface area contributed by atoms with Gasteiger partial charge in [-0.15, -0.1) is 0 Å². The molecule has 0 fully saturated rings. The van der Waals surface area contributed by atoms with Crippen LogP contribution in [0.1, 0.15) is 15.9 Å². The maximum Gasteiger partial charge on any atom is 0.343 e. The summed E-state index contributed by atoms with van der Waals surface area (Å²) in [5, 5.41) is 0. The van der Waals surface area contributed by atoms with E-state index in [1.807, 2.05) is 0 Å². The van der Waals surface area contributed by atoms with E-state index in [-0.39, 0.29) is 16.3 Å². The summed E-state index contributed by atoms with van der Waals surface area (Å²) in [4.78, 5) is 32.3. The van der Waals surface area contributed by atoms with Gasteiger partial charge in [-0.2, -0.15) is 8.42 Å². The molecule has 3 aromatic rings. The standard InChI is InChI=1S/C18H15N3O6S/c1-12-3-5-13(6-4-12)28(24,25)27-15-9-17(22)21(11-14(15)18(23)26-2)16-10-19-7-8-20-16/h3-11H,1-2H3. The molecule has 3 rings (SSSR count). The molecule has 0 unspecified atom stereocenters. The molecular formula is C18H15N3O6S. The molecule has 1 aromatic carbocycles. The molecule has 9 nitrogen and oxygen atoms in total. The second-order valence-corrected chi connectivity index (χ2v) is 7.21. The van der Waals surface area contributed by atoms with Crippen LogP contribution in [-0.2, 0) is 14.9 Å². The molecule has 28 heavy (non-hydrogen) atoms. The number of methoxy groups -OCH3 is 1. The fourth-order valence-corrected chi connectivity index (χ4v) is 3.25. The third-order valence-corrected chi connectivity index (χ3v) is 4.97. The molecular weight excluding hydrogens is 386 g/mol. The first kappa shape index (κ1) is 19.2. The van der Waals surface area contributed by atoms with Crippen molar-refractivity contribution in [1.29, 1.82) is 0 Å². The van der Waals surface area contributed by atoms with Crippen LogP contribution in [0.15, 0.2) is 64.8 Å². The molecule has 0 saturated heterocycles. The van der Waals surface area contributed by atoms with Gasteiger partial charge in [-0.05, 0) is 19.1 Å². The van der Waals surface area contributed by atoms with E-state index in [4.69, 9.17) is 4.18 Å². The van der Waals surface area contributed by atoms with Gasteiger partial charge in [-0.25, -0.2) is 9.78 Å². The molecule has 144 valence electrons. The van der Waals surface area contributed by atoms with Gasteiger partial charge >= 0.3 is 16.1 Å². The summed E-state index contributed by atoms with van der Waals surface area (Å²) < 4.78 is 35.9. The van der Waals surface area contributed by atoms with Crippen molar-refractivity contribution >= 4 is 16.1 Å². The second-order valence-electron chi connectivity index (χ2n) is 5.67. The summed E-state index contributed by atoms with van der Waals surface area (Å²) >= 11 is 0. The molecule has 0 saturated carbocycles. The monoisotopic (exact) mass is 401 g/mol. The quantitative estimate of drug-likeness (QED) is 0.466. The normalized spacial score (nSPS) is 11.1. The van der Waals surface area contributed by atoms with Gasteiger partial charge in [0, 0.05) is 24.7 Å². The van der Waals surface area contributed by atoms with Gasteiger partial charge in [-0.1, -0.05) is 17.7 Å². The number of carbonyl (C=O) groups excluding carboxylic acids is 1. The molecule has 0 amide bonds. The predicted octanol–water partition coefficient (Wildman–Crippen LogP) is 1.49. The van der Waals surface area contributed by atoms with Gasteiger partial charge in [0.15, 0.2) is 11.6 Å². The third kappa shape index (κ3) is 3.91. The van der Waals surface area contributed by atoms with E-state index in [0.29, 0.717) is 0 Å². The van der Waals surface area contributed by atoms with Gasteiger partial charge < -0.3 is 8.92 Å². The van der Waals surface area contributed by atoms with Gasteiger partial charge in [0.2, 0.25) is 0 Å². The molecule has 2 aromatic heterocycles. The van der Waals surface area contributed by atoms with E-state index < -0.39 is 27.4 Å². The van der Waals surface area contributed by atoms with E-state index in [2.05, 4.69) is 14.7 Å². The Bertz CT molecular complexity index is 1170. The van der Waals surface area contributed by atoms with E-state index in [1.54, 1.807) is 19.1 Å². The molecule has 0 spiro atoms. The van der Waals surface area contributed by atoms with Gasteiger partial charge in [0.1, 0.15) is 10.5 Å². The fraction of sp³-hybridized carbons (Fsp3) is 0.111. The summed E-state index contributed by atoms with van der Waals surface area (Å²) in [7, 11) is -3.15. The highest BCUT2D eigenvalue weighted by molar-refractivity contribution is 7.87. The van der Waals surface area contributed by atoms with E-state index in [9.17, 15) is 18.0 Å². The molecule has 0 radical (unpaired) electrons. The predicted molar refractivity (Wildman–Crippen MR) is 98.0 cm³/mol. The Kier molecular flexibility index (Phi) is 5.23. The first-order valence-electron chi connectivity index (χ1n) is 7.94. The first-order chi connectivity index (χ1) is 13.3. The van der Waals surface area contributed by atoms with Crippen LogP contribution in [0.5, 0.6) is 5.75 Å². The fourth-order valence-electron chi connectivity index (χ4n) is 2.31. The van der Waals surface area contributed by atoms with Gasteiger partial charge in [-0.3, -0.25) is 14.3 Å². The van der Waals surface area contributed by atoms with Crippen LogP contribution in [-0.4, -0.2) is 36.0 Å². The van der Waals surface area contributed by atoms with E-state index in [1.165, 1.54) is 30.7 Å². The highest BCUT2D eigenvalue weighted by atomic mass is 32.2. The lowest BCUT2D eigenvalue weighted by Crippen LogP contribution is -2.23.